The maximum Gasteiger partial charge on any atom is 0.504 e. The molecule has 0 amide bonds. The number of aliphatic carboxylic acids is 2. The van der Waals surface area contributed by atoms with E-state index in [2.05, 4.69) is 20.4 Å². The first-order chi connectivity index (χ1) is 16.3. The van der Waals surface area contributed by atoms with Crippen molar-refractivity contribution < 1.29 is 59.3 Å². The summed E-state index contributed by atoms with van der Waals surface area (Å²) < 4.78 is 101. The first kappa shape index (κ1) is 30.2. The smallest absolute Gasteiger partial charge is 0.475 e. The third kappa shape index (κ3) is 9.07. The third-order valence-electron chi connectivity index (χ3n) is 3.97. The molecule has 11 nitrogen and oxygen atoms in total. The lowest BCUT2D eigenvalue weighted by Crippen LogP contribution is -2.57. The summed E-state index contributed by atoms with van der Waals surface area (Å²) in [5, 5.41) is 20.7. The molecule has 0 radical (unpaired) electrons. The second-order valence-corrected chi connectivity index (χ2v) is 6.61. The number of nitrogens with two attached hydrogens (primary N) is 1. The van der Waals surface area contributed by atoms with Crippen molar-refractivity contribution in [1.29, 1.82) is 0 Å². The molecule has 0 aromatic carbocycles. The van der Waals surface area contributed by atoms with Crippen LogP contribution in [0.1, 0.15) is 0 Å². The fourth-order valence-electron chi connectivity index (χ4n) is 2.20. The predicted molar refractivity (Wildman–Crippen MR) is 101 cm³/mol. The largest absolute Gasteiger partial charge is 0.504 e. The van der Waals surface area contributed by atoms with Gasteiger partial charge in [0.2, 0.25) is 5.95 Å². The lowest BCUT2D eigenvalue weighted by atomic mass is 10.1. The van der Waals surface area contributed by atoms with Crippen LogP contribution in [0, 0.1) is 0 Å². The molecule has 0 aliphatic carbocycles. The minimum atomic E-state index is -5.08. The lowest BCUT2D eigenvalue weighted by molar-refractivity contribution is -0.212. The van der Waals surface area contributed by atoms with Gasteiger partial charge in [0.15, 0.2) is 0 Å². The minimum Gasteiger partial charge on any atom is -0.475 e. The number of carbonyl (C=O) groups is 2. The molecule has 3 heterocycles. The predicted octanol–water partition coefficient (Wildman–Crippen LogP) is 2.07. The summed E-state index contributed by atoms with van der Waals surface area (Å²) in [6.45, 7) is 1.52. The monoisotopic (exact) mass is 541 g/mol. The molecule has 1 fully saturated rings. The van der Waals surface area contributed by atoms with Crippen molar-refractivity contribution >= 4 is 23.7 Å². The van der Waals surface area contributed by atoms with Crippen LogP contribution in [0.25, 0.3) is 11.3 Å². The van der Waals surface area contributed by atoms with Crippen molar-refractivity contribution in [3.63, 3.8) is 0 Å². The van der Waals surface area contributed by atoms with Crippen molar-refractivity contribution in [2.75, 3.05) is 30.8 Å². The fourth-order valence-corrected chi connectivity index (χ4v) is 2.20. The zero-order chi connectivity index (χ0) is 28.1. The van der Waals surface area contributed by atoms with Gasteiger partial charge in [-0.2, -0.15) is 41.1 Å². The Kier molecular flexibility index (Phi) is 9.45. The van der Waals surface area contributed by atoms with Gasteiger partial charge in [0, 0.05) is 37.0 Å². The Labute approximate surface area is 194 Å². The summed E-state index contributed by atoms with van der Waals surface area (Å²) >= 11 is 0. The summed E-state index contributed by atoms with van der Waals surface area (Å²) in [4.78, 5) is 27.9. The van der Waals surface area contributed by atoms with Gasteiger partial charge in [-0.05, 0) is 7.05 Å². The van der Waals surface area contributed by atoms with Crippen LogP contribution in [-0.4, -0.2) is 80.4 Å². The molecule has 36 heavy (non-hydrogen) atoms. The van der Waals surface area contributed by atoms with E-state index in [0.29, 0.717) is 17.6 Å². The second-order valence-electron chi connectivity index (χ2n) is 6.61. The number of carboxylic acids is 2. The topological polar surface area (TPSA) is 159 Å². The normalized spacial score (nSPS) is 14.1. The van der Waals surface area contributed by atoms with Gasteiger partial charge >= 0.3 is 30.6 Å². The molecular weight excluding hydrogens is 525 g/mol. The molecule has 0 bridgehead atoms. The van der Waals surface area contributed by atoms with Crippen molar-refractivity contribution in [3.8, 4) is 11.3 Å². The van der Waals surface area contributed by atoms with Crippen LogP contribution in [0.4, 0.5) is 51.3 Å². The van der Waals surface area contributed by atoms with Gasteiger partial charge in [0.05, 0.1) is 11.9 Å². The molecule has 0 atom stereocenters. The van der Waals surface area contributed by atoms with Gasteiger partial charge < -0.3 is 26.2 Å². The number of nitrogens with one attached hydrogen (secondary N) is 1. The molecule has 1 aliphatic rings. The van der Waals surface area contributed by atoms with E-state index in [4.69, 9.17) is 25.5 Å². The van der Waals surface area contributed by atoms with Gasteiger partial charge in [-0.3, -0.25) is 0 Å². The quantitative estimate of drug-likeness (QED) is 0.424. The van der Waals surface area contributed by atoms with Crippen LogP contribution in [-0.2, 0) is 15.9 Å². The molecule has 20 heteroatoms. The number of aromatic nitrogens is 4. The highest BCUT2D eigenvalue weighted by atomic mass is 19.4. The maximum absolute atomic E-state index is 12.6. The number of anilines is 2. The summed E-state index contributed by atoms with van der Waals surface area (Å²) in [6, 6.07) is 1.98. The van der Waals surface area contributed by atoms with Gasteiger partial charge in [0.1, 0.15) is 5.82 Å². The molecule has 1 aliphatic heterocycles. The van der Waals surface area contributed by atoms with E-state index >= 15 is 0 Å². The van der Waals surface area contributed by atoms with Crippen molar-refractivity contribution in [2.24, 2.45) is 0 Å². The zero-order valence-electron chi connectivity index (χ0n) is 17.6. The minimum absolute atomic E-state index is 0.0140. The molecule has 0 unspecified atom stereocenters. The van der Waals surface area contributed by atoms with Gasteiger partial charge in [0.25, 0.3) is 0 Å². The standard InChI is InChI=1S/C12H14F3N7.2C2HF3O2/c1-17-8-5-21(6-8)10-2-9(19-11(16)20-10)7-3-18-22(4-7)12(13,14)15;2*3-2(4,5)1(6)7/h2-4,8,17H,5-6H2,1H3,(H2,16,19,20);2*(H,6,7). The van der Waals surface area contributed by atoms with E-state index in [0.717, 1.165) is 25.5 Å². The Balaban J connectivity index is 0.000000383. The summed E-state index contributed by atoms with van der Waals surface area (Å²) in [7, 11) is 1.87. The molecule has 2 aromatic heterocycles. The zero-order valence-corrected chi connectivity index (χ0v) is 17.6. The van der Waals surface area contributed by atoms with Crippen LogP contribution >= 0.6 is 0 Å². The van der Waals surface area contributed by atoms with E-state index < -0.39 is 30.6 Å². The maximum atomic E-state index is 12.6. The molecule has 1 saturated heterocycles. The van der Waals surface area contributed by atoms with Crippen LogP contribution in [0.3, 0.4) is 0 Å². The highest BCUT2D eigenvalue weighted by molar-refractivity contribution is 5.73. The molecule has 0 saturated carbocycles. The number of hydrogen-bond acceptors (Lipinski definition) is 8. The number of alkyl halides is 9. The van der Waals surface area contributed by atoms with Gasteiger partial charge in [-0.25, -0.2) is 14.6 Å². The molecule has 202 valence electrons. The van der Waals surface area contributed by atoms with Gasteiger partial charge in [-0.15, -0.1) is 13.2 Å². The average molecular weight is 541 g/mol. The lowest BCUT2D eigenvalue weighted by Gasteiger charge is -2.40. The van der Waals surface area contributed by atoms with Crippen molar-refractivity contribution in [3.05, 3.63) is 18.5 Å². The van der Waals surface area contributed by atoms with Gasteiger partial charge in [-0.1, -0.05) is 0 Å². The van der Waals surface area contributed by atoms with E-state index in [1.807, 2.05) is 11.9 Å². The fraction of sp³-hybridized carbons (Fsp3) is 0.438. The third-order valence-corrected chi connectivity index (χ3v) is 3.97. The second kappa shape index (κ2) is 11.3. The number of halogens is 9. The van der Waals surface area contributed by atoms with E-state index in [9.17, 15) is 39.5 Å². The summed E-state index contributed by atoms with van der Waals surface area (Å²) in [5.74, 6) is -4.91. The van der Waals surface area contributed by atoms with Crippen LogP contribution in [0.5, 0.6) is 0 Å². The first-order valence-electron chi connectivity index (χ1n) is 9.05. The van der Waals surface area contributed by atoms with E-state index in [1.165, 1.54) is 0 Å². The number of rotatable bonds is 3. The SMILES string of the molecule is CNC1CN(c2cc(-c3cnn(C(F)(F)F)c3)nc(N)n2)C1.O=C(O)C(F)(F)F.O=C(O)C(F)(F)F. The first-order valence-corrected chi connectivity index (χ1v) is 9.05. The number of nitrogen functional groups attached to an aromatic ring is 1. The Bertz CT molecular complexity index is 1020. The van der Waals surface area contributed by atoms with Crippen LogP contribution in [0.2, 0.25) is 0 Å². The van der Waals surface area contributed by atoms with Crippen molar-refractivity contribution in [2.45, 2.75) is 24.7 Å². The van der Waals surface area contributed by atoms with E-state index in [-0.39, 0.29) is 16.2 Å². The average Bonchev–Trinajstić information content (AvgIpc) is 3.17. The Hall–Kier alpha value is -3.84. The molecular formula is C16H16F9N7O4. The Morgan fingerprint density at radius 1 is 1.00 bits per heavy atom. The number of carboxylic acid groups (broad SMARTS) is 2. The number of nitrogens with zero attached hydrogens (tertiary/aromatic N) is 5. The molecule has 5 N–H and O–H groups in total. The number of hydrogen-bond donors (Lipinski definition) is 4. The van der Waals surface area contributed by atoms with Crippen LogP contribution < -0.4 is 16.0 Å². The Morgan fingerprint density at radius 3 is 1.83 bits per heavy atom. The van der Waals surface area contributed by atoms with Crippen molar-refractivity contribution in [1.82, 2.24) is 25.1 Å². The molecule has 2 aromatic rings. The highest BCUT2D eigenvalue weighted by Gasteiger charge is 2.39. The molecule has 3 rings (SSSR count). The van der Waals surface area contributed by atoms with E-state index in [1.54, 1.807) is 6.07 Å². The summed E-state index contributed by atoms with van der Waals surface area (Å²) in [6.07, 6.45) is -12.7. The Morgan fingerprint density at radius 2 is 1.47 bits per heavy atom. The van der Waals surface area contributed by atoms with Crippen LogP contribution in [0.15, 0.2) is 18.5 Å². The summed E-state index contributed by atoms with van der Waals surface area (Å²) in [5.41, 5.74) is 6.20. The number of likely N-dealkylation sites (N-methyl/N-ethyl adjacent to an activating group) is 1. The molecule has 0 spiro atoms. The highest BCUT2D eigenvalue weighted by Crippen LogP contribution is 2.28.